The van der Waals surface area contributed by atoms with Gasteiger partial charge >= 0.3 is 0 Å². The van der Waals surface area contributed by atoms with Gasteiger partial charge in [-0.1, -0.05) is 25.5 Å². The second-order valence-electron chi connectivity index (χ2n) is 3.65. The van der Waals surface area contributed by atoms with Crippen LogP contribution in [0.3, 0.4) is 0 Å². The highest BCUT2D eigenvalue weighted by Gasteiger charge is 2.13. The van der Waals surface area contributed by atoms with E-state index in [2.05, 4.69) is 24.9 Å². The summed E-state index contributed by atoms with van der Waals surface area (Å²) in [5.74, 6) is 0. The van der Waals surface area contributed by atoms with Crippen molar-refractivity contribution in [3.05, 3.63) is 23.4 Å². The number of aldehydes is 1. The molecule has 0 radical (unpaired) electrons. The van der Waals surface area contributed by atoms with Gasteiger partial charge in [0.05, 0.1) is 0 Å². The van der Waals surface area contributed by atoms with Crippen LogP contribution in [-0.4, -0.2) is 12.5 Å². The maximum absolute atomic E-state index is 10.5. The molecule has 0 N–H and O–H groups in total. The van der Waals surface area contributed by atoms with Crippen LogP contribution in [-0.2, 0) is 4.79 Å². The topological polar surface area (TPSA) is 29.4 Å². The van der Waals surface area contributed by atoms with Gasteiger partial charge in [-0.2, -0.15) is 0 Å². The lowest BCUT2D eigenvalue weighted by Crippen LogP contribution is -2.08. The van der Waals surface area contributed by atoms with Gasteiger partial charge in [-0.25, -0.2) is 0 Å². The molecule has 0 amide bonds. The molecule has 1 aliphatic heterocycles. The average molecular weight is 163 g/mol. The van der Waals surface area contributed by atoms with Gasteiger partial charge in [-0.05, 0) is 13.0 Å². The molecule has 0 atom stereocenters. The molecule has 1 rings (SSSR count). The number of carbonyl (C=O) groups is 1. The zero-order valence-corrected chi connectivity index (χ0v) is 7.66. The van der Waals surface area contributed by atoms with Crippen LogP contribution in [0.15, 0.2) is 28.4 Å². The number of carbonyl (C=O) groups excluding carboxylic acids is 1. The lowest BCUT2D eigenvalue weighted by atomic mass is 9.93. The van der Waals surface area contributed by atoms with E-state index in [1.165, 1.54) is 0 Å². The molecule has 0 aromatic rings. The van der Waals surface area contributed by atoms with E-state index in [1.54, 1.807) is 12.3 Å². The van der Waals surface area contributed by atoms with Crippen LogP contribution in [0.25, 0.3) is 0 Å². The second-order valence-corrected chi connectivity index (χ2v) is 3.65. The number of nitrogens with zero attached hydrogens (tertiary/aromatic N) is 1. The van der Waals surface area contributed by atoms with Gasteiger partial charge in [0.15, 0.2) is 6.29 Å². The van der Waals surface area contributed by atoms with E-state index < -0.39 is 0 Å². The highest BCUT2D eigenvalue weighted by Crippen LogP contribution is 2.20. The van der Waals surface area contributed by atoms with Gasteiger partial charge in [-0.3, -0.25) is 9.79 Å². The molecule has 0 saturated carbocycles. The quantitative estimate of drug-likeness (QED) is 0.544. The van der Waals surface area contributed by atoms with E-state index >= 15 is 0 Å². The van der Waals surface area contributed by atoms with Crippen molar-refractivity contribution in [1.29, 1.82) is 0 Å². The molecule has 0 saturated heterocycles. The van der Waals surface area contributed by atoms with Crippen molar-refractivity contribution in [2.24, 2.45) is 10.4 Å². The number of allylic oxidation sites excluding steroid dienone is 4. The molecule has 64 valence electrons. The van der Waals surface area contributed by atoms with Crippen molar-refractivity contribution in [2.45, 2.75) is 20.8 Å². The number of hydrogen-bond acceptors (Lipinski definition) is 2. The van der Waals surface area contributed by atoms with Gasteiger partial charge in [0.2, 0.25) is 0 Å². The third-order valence-electron chi connectivity index (χ3n) is 1.64. The van der Waals surface area contributed by atoms with Crippen LogP contribution in [0.2, 0.25) is 0 Å². The van der Waals surface area contributed by atoms with Crippen molar-refractivity contribution in [1.82, 2.24) is 0 Å². The Bertz CT molecular complexity index is 282. The fourth-order valence-corrected chi connectivity index (χ4v) is 1.24. The Hall–Kier alpha value is -1.18. The zero-order chi connectivity index (χ0) is 9.19. The Kier molecular flexibility index (Phi) is 2.27. The van der Waals surface area contributed by atoms with Gasteiger partial charge in [0.1, 0.15) is 5.70 Å². The normalized spacial score (nSPS) is 20.9. The van der Waals surface area contributed by atoms with Gasteiger partial charge < -0.3 is 0 Å². The molecule has 0 aliphatic carbocycles. The summed E-state index contributed by atoms with van der Waals surface area (Å²) in [4.78, 5) is 14.5. The average Bonchev–Trinajstić information content (AvgIpc) is 2.07. The minimum atomic E-state index is -0.0503. The SMILES string of the molecule is CC1=CC(C)(C)C=NC(C=O)=C1. The van der Waals surface area contributed by atoms with E-state index in [-0.39, 0.29) is 5.41 Å². The van der Waals surface area contributed by atoms with Gasteiger partial charge in [0, 0.05) is 11.6 Å². The van der Waals surface area contributed by atoms with Crippen molar-refractivity contribution in [2.75, 3.05) is 0 Å². The van der Waals surface area contributed by atoms with Crippen molar-refractivity contribution >= 4 is 12.5 Å². The molecule has 0 unspecified atom stereocenters. The first-order valence-electron chi connectivity index (χ1n) is 3.95. The Labute approximate surface area is 72.7 Å². The standard InChI is InChI=1S/C10H13NO/c1-8-4-9(6-12)11-7-10(2,3)5-8/h4-7H,1-3H3. The predicted molar refractivity (Wildman–Crippen MR) is 50.2 cm³/mol. The Balaban J connectivity index is 3.06. The van der Waals surface area contributed by atoms with Crippen molar-refractivity contribution < 1.29 is 4.79 Å². The zero-order valence-electron chi connectivity index (χ0n) is 7.66. The molecule has 1 heterocycles. The second kappa shape index (κ2) is 3.05. The fourth-order valence-electron chi connectivity index (χ4n) is 1.24. The summed E-state index contributed by atoms with van der Waals surface area (Å²) in [6, 6.07) is 0. The Morgan fingerprint density at radius 1 is 1.50 bits per heavy atom. The van der Waals surface area contributed by atoms with Crippen LogP contribution in [0.4, 0.5) is 0 Å². The Morgan fingerprint density at radius 2 is 2.17 bits per heavy atom. The van der Waals surface area contributed by atoms with Crippen LogP contribution in [0.5, 0.6) is 0 Å². The largest absolute Gasteiger partial charge is 0.296 e. The van der Waals surface area contributed by atoms with Gasteiger partial charge in [-0.15, -0.1) is 0 Å². The van der Waals surface area contributed by atoms with Crippen molar-refractivity contribution in [3.8, 4) is 0 Å². The number of aliphatic imine (C=N–C) groups is 1. The first kappa shape index (κ1) is 8.91. The summed E-state index contributed by atoms with van der Waals surface area (Å²) in [5.41, 5.74) is 1.53. The van der Waals surface area contributed by atoms with E-state index in [1.807, 2.05) is 6.92 Å². The number of hydrogen-bond donors (Lipinski definition) is 0. The van der Waals surface area contributed by atoms with Crippen LogP contribution in [0, 0.1) is 5.41 Å². The maximum atomic E-state index is 10.5. The summed E-state index contributed by atoms with van der Waals surface area (Å²) in [7, 11) is 0. The molecule has 12 heavy (non-hydrogen) atoms. The highest BCUT2D eigenvalue weighted by molar-refractivity contribution is 5.81. The third-order valence-corrected chi connectivity index (χ3v) is 1.64. The van der Waals surface area contributed by atoms with Crippen LogP contribution < -0.4 is 0 Å². The van der Waals surface area contributed by atoms with Crippen LogP contribution >= 0.6 is 0 Å². The molecule has 0 bridgehead atoms. The summed E-state index contributed by atoms with van der Waals surface area (Å²) < 4.78 is 0. The monoisotopic (exact) mass is 163 g/mol. The third kappa shape index (κ3) is 2.16. The summed E-state index contributed by atoms with van der Waals surface area (Å²) in [6.07, 6.45) is 6.45. The lowest BCUT2D eigenvalue weighted by molar-refractivity contribution is -0.104. The molecule has 2 nitrogen and oxygen atoms in total. The smallest absolute Gasteiger partial charge is 0.168 e. The molecular weight excluding hydrogens is 150 g/mol. The fraction of sp³-hybridized carbons (Fsp3) is 0.400. The summed E-state index contributed by atoms with van der Waals surface area (Å²) in [6.45, 7) is 6.09. The summed E-state index contributed by atoms with van der Waals surface area (Å²) in [5, 5.41) is 0. The van der Waals surface area contributed by atoms with E-state index in [0.717, 1.165) is 11.9 Å². The molecule has 0 spiro atoms. The molecule has 2 heteroatoms. The summed E-state index contributed by atoms with van der Waals surface area (Å²) >= 11 is 0. The molecule has 0 aromatic carbocycles. The van der Waals surface area contributed by atoms with E-state index in [4.69, 9.17) is 0 Å². The van der Waals surface area contributed by atoms with E-state index in [9.17, 15) is 4.79 Å². The molecule has 0 fully saturated rings. The molecule has 1 aliphatic rings. The van der Waals surface area contributed by atoms with E-state index in [0.29, 0.717) is 5.70 Å². The minimum absolute atomic E-state index is 0.0503. The molecule has 0 aromatic heterocycles. The van der Waals surface area contributed by atoms with Crippen LogP contribution in [0.1, 0.15) is 20.8 Å². The van der Waals surface area contributed by atoms with Crippen molar-refractivity contribution in [3.63, 3.8) is 0 Å². The first-order chi connectivity index (χ1) is 5.53. The Morgan fingerprint density at radius 3 is 2.75 bits per heavy atom. The first-order valence-corrected chi connectivity index (χ1v) is 3.95. The number of rotatable bonds is 1. The minimum Gasteiger partial charge on any atom is -0.296 e. The highest BCUT2D eigenvalue weighted by atomic mass is 16.1. The van der Waals surface area contributed by atoms with Gasteiger partial charge in [0.25, 0.3) is 0 Å². The molecular formula is C10H13NO. The predicted octanol–water partition coefficient (Wildman–Crippen LogP) is 2.13. The maximum Gasteiger partial charge on any atom is 0.168 e. The lowest BCUT2D eigenvalue weighted by Gasteiger charge is -2.12.